The highest BCUT2D eigenvalue weighted by molar-refractivity contribution is 5.85. The molecule has 0 radical (unpaired) electrons. The van der Waals surface area contributed by atoms with Crippen molar-refractivity contribution < 1.29 is 14.6 Å². The fourth-order valence-electron chi connectivity index (χ4n) is 3.95. The number of hydrogen-bond acceptors (Lipinski definition) is 5. The monoisotopic (exact) mass is 394 g/mol. The largest absolute Gasteiger partial charge is 0.460 e. The second kappa shape index (κ2) is 8.57. The van der Waals surface area contributed by atoms with Crippen LogP contribution in [0.5, 0.6) is 0 Å². The summed E-state index contributed by atoms with van der Waals surface area (Å²) in [7, 11) is 1.00. The molecule has 6 nitrogen and oxygen atoms in total. The summed E-state index contributed by atoms with van der Waals surface area (Å²) >= 11 is 0. The molecule has 0 saturated carbocycles. The van der Waals surface area contributed by atoms with Crippen molar-refractivity contribution in [2.24, 2.45) is 0 Å². The van der Waals surface area contributed by atoms with E-state index in [0.29, 0.717) is 18.5 Å². The van der Waals surface area contributed by atoms with E-state index in [-0.39, 0.29) is 24.1 Å². The number of esters is 1. The summed E-state index contributed by atoms with van der Waals surface area (Å²) in [5.41, 5.74) is 4.93. The Kier molecular flexibility index (Phi) is 6.13. The summed E-state index contributed by atoms with van der Waals surface area (Å²) in [4.78, 5) is 29.8. The van der Waals surface area contributed by atoms with E-state index in [4.69, 9.17) is 14.8 Å². The van der Waals surface area contributed by atoms with Crippen molar-refractivity contribution in [1.29, 1.82) is 0 Å². The number of aromatic nitrogens is 2. The van der Waals surface area contributed by atoms with Crippen LogP contribution in [0.2, 0.25) is 0 Å². The van der Waals surface area contributed by atoms with Crippen molar-refractivity contribution in [3.05, 3.63) is 63.4 Å². The third-order valence-electron chi connectivity index (χ3n) is 5.24. The molecule has 0 fully saturated rings. The van der Waals surface area contributed by atoms with Crippen LogP contribution < -0.4 is 5.56 Å². The Labute approximate surface area is 169 Å². The van der Waals surface area contributed by atoms with Crippen molar-refractivity contribution in [1.82, 2.24) is 9.55 Å². The van der Waals surface area contributed by atoms with Crippen LogP contribution in [0.25, 0.3) is 22.3 Å². The van der Waals surface area contributed by atoms with Crippen molar-refractivity contribution in [3.63, 3.8) is 0 Å². The molecule has 1 N–H and O–H groups in total. The first-order valence-electron chi connectivity index (χ1n) is 9.94. The highest BCUT2D eigenvalue weighted by Gasteiger charge is 2.33. The van der Waals surface area contributed by atoms with E-state index in [1.165, 1.54) is 0 Å². The van der Waals surface area contributed by atoms with Crippen LogP contribution in [-0.4, -0.2) is 27.7 Å². The van der Waals surface area contributed by atoms with Gasteiger partial charge in [0.2, 0.25) is 0 Å². The third-order valence-corrected chi connectivity index (χ3v) is 5.24. The van der Waals surface area contributed by atoms with Gasteiger partial charge in [-0.3, -0.25) is 9.59 Å². The summed E-state index contributed by atoms with van der Waals surface area (Å²) in [5, 5.41) is 8.07. The Morgan fingerprint density at radius 1 is 1.17 bits per heavy atom. The lowest BCUT2D eigenvalue weighted by atomic mass is 9.90. The van der Waals surface area contributed by atoms with E-state index in [2.05, 4.69) is 6.07 Å². The number of aliphatic hydroxyl groups excluding tert-OH is 1. The lowest BCUT2D eigenvalue weighted by molar-refractivity contribution is -0.148. The smallest absolute Gasteiger partial charge is 0.313 e. The number of carbonyl (C=O) groups excluding carboxylic acids is 1. The van der Waals surface area contributed by atoms with Crippen molar-refractivity contribution in [3.8, 4) is 11.4 Å². The zero-order valence-corrected chi connectivity index (χ0v) is 17.2. The van der Waals surface area contributed by atoms with Gasteiger partial charge in [-0.15, -0.1) is 0 Å². The molecule has 1 aromatic carbocycles. The minimum absolute atomic E-state index is 0.0650. The van der Waals surface area contributed by atoms with Crippen molar-refractivity contribution >= 4 is 16.9 Å². The number of rotatable bonds is 1. The minimum atomic E-state index is -0.369. The molecule has 2 aliphatic rings. The van der Waals surface area contributed by atoms with Gasteiger partial charge < -0.3 is 14.4 Å². The molecule has 5 rings (SSSR count). The Balaban J connectivity index is 0.000000568. The van der Waals surface area contributed by atoms with Gasteiger partial charge in [-0.25, -0.2) is 4.98 Å². The maximum absolute atomic E-state index is 13.0. The number of aliphatic hydroxyl groups is 1. The average Bonchev–Trinajstić information content (AvgIpc) is 3.13. The number of pyridine rings is 2. The Morgan fingerprint density at radius 2 is 1.90 bits per heavy atom. The maximum atomic E-state index is 13.0. The van der Waals surface area contributed by atoms with Gasteiger partial charge in [0.25, 0.3) is 5.56 Å². The fraction of sp³-hybridized carbons (Fsp3) is 0.348. The molecule has 29 heavy (non-hydrogen) atoms. The molecule has 0 aliphatic carbocycles. The fourth-order valence-corrected chi connectivity index (χ4v) is 3.95. The van der Waals surface area contributed by atoms with E-state index in [9.17, 15) is 9.59 Å². The molecule has 6 heteroatoms. The third kappa shape index (κ3) is 3.34. The van der Waals surface area contributed by atoms with Gasteiger partial charge >= 0.3 is 5.97 Å². The normalized spacial score (nSPS) is 15.8. The second-order valence-corrected chi connectivity index (χ2v) is 6.61. The van der Waals surface area contributed by atoms with Crippen molar-refractivity contribution in [2.45, 2.75) is 46.3 Å². The molecule has 0 spiro atoms. The lowest BCUT2D eigenvalue weighted by Crippen LogP contribution is -2.32. The number of hydrogen-bond donors (Lipinski definition) is 1. The van der Waals surface area contributed by atoms with Gasteiger partial charge in [-0.2, -0.15) is 0 Å². The predicted octanol–water partition coefficient (Wildman–Crippen LogP) is 3.61. The summed E-state index contributed by atoms with van der Waals surface area (Å²) in [6.45, 7) is 6.51. The number of carbonyl (C=O) groups is 1. The predicted molar refractivity (Wildman–Crippen MR) is 113 cm³/mol. The van der Waals surface area contributed by atoms with Gasteiger partial charge in [-0.05, 0) is 30.2 Å². The molecular formula is C23H26N2O4. The molecule has 2 aliphatic heterocycles. The molecular weight excluding hydrogens is 368 g/mol. The Hall–Kier alpha value is -2.99. The van der Waals surface area contributed by atoms with Crippen LogP contribution in [0, 0.1) is 0 Å². The van der Waals surface area contributed by atoms with E-state index in [1.54, 1.807) is 4.57 Å². The van der Waals surface area contributed by atoms with Gasteiger partial charge in [0.05, 0.1) is 34.9 Å². The first kappa shape index (κ1) is 20.7. The number of nitrogens with zero attached hydrogens (tertiary/aromatic N) is 2. The number of benzene rings is 1. The first-order chi connectivity index (χ1) is 14.2. The molecule has 4 heterocycles. The summed E-state index contributed by atoms with van der Waals surface area (Å²) in [5.74, 6) is -0.615. The van der Waals surface area contributed by atoms with Crippen molar-refractivity contribution in [2.75, 3.05) is 7.11 Å². The SMILES string of the molecule is CC.CCC1C(=O)OCc2c1cc1n(c2=O)Cc2cc3ccccc3nc2-1.CO. The van der Waals surface area contributed by atoms with E-state index in [1.807, 2.05) is 51.1 Å². The molecule has 1 atom stereocenters. The molecule has 0 saturated heterocycles. The standard InChI is InChI=1S/C20H16N2O3.C2H6.CH4O/c1-2-13-14-8-17-18-12(7-11-5-3-4-6-16(11)21-18)9-22(17)19(23)15(14)10-25-20(13)24;2*1-2/h3-8,13H,2,9-10H2,1H3;1-2H3;2H,1H3. The highest BCUT2D eigenvalue weighted by Crippen LogP contribution is 2.36. The minimum Gasteiger partial charge on any atom is -0.460 e. The second-order valence-electron chi connectivity index (χ2n) is 6.61. The molecule has 2 aromatic heterocycles. The van der Waals surface area contributed by atoms with Gasteiger partial charge in [-0.1, -0.05) is 39.0 Å². The number of cyclic esters (lactones) is 1. The first-order valence-corrected chi connectivity index (χ1v) is 9.94. The zero-order valence-electron chi connectivity index (χ0n) is 17.2. The van der Waals surface area contributed by atoms with Crippen LogP contribution in [0.4, 0.5) is 0 Å². The van der Waals surface area contributed by atoms with Crippen LogP contribution in [0.15, 0.2) is 41.2 Å². The number of ether oxygens (including phenoxy) is 1. The summed E-state index contributed by atoms with van der Waals surface area (Å²) in [6, 6.07) is 12.0. The molecule has 152 valence electrons. The van der Waals surface area contributed by atoms with Crippen LogP contribution >= 0.6 is 0 Å². The number of fused-ring (bicyclic) bond motifs is 5. The summed E-state index contributed by atoms with van der Waals surface area (Å²) < 4.78 is 6.97. The Morgan fingerprint density at radius 3 is 2.62 bits per heavy atom. The molecule has 1 unspecified atom stereocenters. The van der Waals surface area contributed by atoms with Crippen LogP contribution in [0.3, 0.4) is 0 Å². The van der Waals surface area contributed by atoms with Gasteiger partial charge in [0.15, 0.2) is 0 Å². The zero-order chi connectivity index (χ0) is 21.1. The average molecular weight is 394 g/mol. The molecule has 0 bridgehead atoms. The summed E-state index contributed by atoms with van der Waals surface area (Å²) in [6.07, 6.45) is 0.618. The van der Waals surface area contributed by atoms with E-state index >= 15 is 0 Å². The highest BCUT2D eigenvalue weighted by atomic mass is 16.5. The van der Waals surface area contributed by atoms with Gasteiger partial charge in [0, 0.05) is 18.1 Å². The lowest BCUT2D eigenvalue weighted by Gasteiger charge is -2.24. The van der Waals surface area contributed by atoms with Crippen LogP contribution in [0.1, 0.15) is 49.8 Å². The Bertz CT molecular complexity index is 1120. The topological polar surface area (TPSA) is 81.4 Å². The van der Waals surface area contributed by atoms with E-state index in [0.717, 1.165) is 40.5 Å². The molecule has 3 aromatic rings. The van der Waals surface area contributed by atoms with Gasteiger partial charge in [0.1, 0.15) is 6.61 Å². The van der Waals surface area contributed by atoms with E-state index < -0.39 is 0 Å². The number of para-hydroxylation sites is 1. The quantitative estimate of drug-likeness (QED) is 0.499. The van der Waals surface area contributed by atoms with Crippen LogP contribution in [-0.2, 0) is 22.7 Å². The maximum Gasteiger partial charge on any atom is 0.313 e. The molecule has 0 amide bonds.